The second kappa shape index (κ2) is 14.2. The molecule has 0 saturated carbocycles. The van der Waals surface area contributed by atoms with Crippen LogP contribution in [0.25, 0.3) is 0 Å². The topological polar surface area (TPSA) is 26.3 Å². The highest BCUT2D eigenvalue weighted by atomic mass is 16.5. The molecule has 0 saturated heterocycles. The van der Waals surface area contributed by atoms with Crippen LogP contribution in [-0.4, -0.2) is 12.1 Å². The number of ether oxygens (including phenoxy) is 1. The van der Waals surface area contributed by atoms with E-state index in [2.05, 4.69) is 20.4 Å². The third-order valence-corrected chi connectivity index (χ3v) is 3.86. The van der Waals surface area contributed by atoms with Crippen LogP contribution >= 0.6 is 0 Å². The summed E-state index contributed by atoms with van der Waals surface area (Å²) in [5.74, 6) is -0.232. The van der Waals surface area contributed by atoms with Crippen LogP contribution in [0.1, 0.15) is 97.8 Å². The van der Waals surface area contributed by atoms with Gasteiger partial charge in [0.15, 0.2) is 0 Å². The third kappa shape index (κ3) is 12.6. The van der Waals surface area contributed by atoms with Gasteiger partial charge in [0.05, 0.1) is 0 Å². The van der Waals surface area contributed by atoms with Crippen LogP contribution in [0.2, 0.25) is 0 Å². The van der Waals surface area contributed by atoms with E-state index in [1.807, 2.05) is 0 Å². The summed E-state index contributed by atoms with van der Waals surface area (Å²) in [7, 11) is 0. The second-order valence-electron chi connectivity index (χ2n) is 6.21. The fourth-order valence-electron chi connectivity index (χ4n) is 2.52. The number of unbranched alkanes of at least 4 members (excludes halogenated alkanes) is 8. The summed E-state index contributed by atoms with van der Waals surface area (Å²) >= 11 is 0. The molecule has 0 amide bonds. The smallest absolute Gasteiger partial charge is 0.333 e. The number of hydrogen-bond acceptors (Lipinski definition) is 2. The Morgan fingerprint density at radius 2 is 1.38 bits per heavy atom. The minimum Gasteiger partial charge on any atom is -0.459 e. The van der Waals surface area contributed by atoms with Gasteiger partial charge in [-0.25, -0.2) is 4.79 Å². The van der Waals surface area contributed by atoms with Gasteiger partial charge >= 0.3 is 5.97 Å². The van der Waals surface area contributed by atoms with E-state index in [-0.39, 0.29) is 12.1 Å². The minimum atomic E-state index is -0.232. The van der Waals surface area contributed by atoms with Crippen LogP contribution in [0, 0.1) is 0 Å². The largest absolute Gasteiger partial charge is 0.459 e. The van der Waals surface area contributed by atoms with Gasteiger partial charge in [-0.05, 0) is 26.2 Å². The molecule has 124 valence electrons. The first-order valence-electron chi connectivity index (χ1n) is 8.98. The fourth-order valence-corrected chi connectivity index (χ4v) is 2.52. The van der Waals surface area contributed by atoms with Gasteiger partial charge in [0.2, 0.25) is 0 Å². The standard InChI is InChI=1S/C19H36O2/c1-5-7-8-9-10-11-12-13-14-16-18(15-6-2)21-19(20)17(3)4/h18H,3,5-16H2,1-2,4H3. The van der Waals surface area contributed by atoms with Crippen molar-refractivity contribution < 1.29 is 9.53 Å². The van der Waals surface area contributed by atoms with E-state index in [4.69, 9.17) is 4.74 Å². The maximum atomic E-state index is 11.6. The van der Waals surface area contributed by atoms with Crippen LogP contribution in [0.15, 0.2) is 12.2 Å². The molecule has 0 N–H and O–H groups in total. The van der Waals surface area contributed by atoms with Crippen molar-refractivity contribution in [2.45, 2.75) is 104 Å². The first kappa shape index (κ1) is 20.2. The molecule has 2 heteroatoms. The van der Waals surface area contributed by atoms with E-state index in [9.17, 15) is 4.79 Å². The SMILES string of the molecule is C=C(C)C(=O)OC(CCC)CCCCCCCCCCC. The van der Waals surface area contributed by atoms with E-state index in [1.54, 1.807) is 6.92 Å². The van der Waals surface area contributed by atoms with E-state index in [0.29, 0.717) is 5.57 Å². The molecule has 0 radical (unpaired) electrons. The molecule has 1 atom stereocenters. The van der Waals surface area contributed by atoms with Gasteiger partial charge in [0, 0.05) is 5.57 Å². The number of carbonyl (C=O) groups excluding carboxylic acids is 1. The maximum Gasteiger partial charge on any atom is 0.333 e. The Labute approximate surface area is 132 Å². The predicted octanol–water partition coefficient (Wildman–Crippen LogP) is 6.20. The molecule has 0 aliphatic heterocycles. The van der Waals surface area contributed by atoms with Crippen LogP contribution in [-0.2, 0) is 9.53 Å². The highest BCUT2D eigenvalue weighted by Crippen LogP contribution is 2.16. The zero-order valence-corrected chi connectivity index (χ0v) is 14.6. The molecule has 0 fully saturated rings. The lowest BCUT2D eigenvalue weighted by Gasteiger charge is -2.17. The monoisotopic (exact) mass is 296 g/mol. The predicted molar refractivity (Wildman–Crippen MR) is 91.4 cm³/mol. The highest BCUT2D eigenvalue weighted by Gasteiger charge is 2.13. The summed E-state index contributed by atoms with van der Waals surface area (Å²) in [4.78, 5) is 11.6. The number of hydrogen-bond donors (Lipinski definition) is 0. The Morgan fingerprint density at radius 3 is 1.86 bits per heavy atom. The van der Waals surface area contributed by atoms with Crippen LogP contribution in [0.5, 0.6) is 0 Å². The van der Waals surface area contributed by atoms with E-state index in [1.165, 1.54) is 57.8 Å². The van der Waals surface area contributed by atoms with E-state index in [0.717, 1.165) is 19.3 Å². The first-order valence-corrected chi connectivity index (χ1v) is 8.98. The number of esters is 1. The summed E-state index contributed by atoms with van der Waals surface area (Å²) in [6.07, 6.45) is 15.1. The molecule has 0 aliphatic rings. The Hall–Kier alpha value is -0.790. The van der Waals surface area contributed by atoms with Gasteiger partial charge in [-0.3, -0.25) is 0 Å². The summed E-state index contributed by atoms with van der Waals surface area (Å²) in [5.41, 5.74) is 0.503. The zero-order chi connectivity index (χ0) is 15.9. The fraction of sp³-hybridized carbons (Fsp3) is 0.842. The van der Waals surface area contributed by atoms with Crippen molar-refractivity contribution in [1.29, 1.82) is 0 Å². The molecule has 0 heterocycles. The average molecular weight is 296 g/mol. The highest BCUT2D eigenvalue weighted by molar-refractivity contribution is 5.87. The average Bonchev–Trinajstić information content (AvgIpc) is 2.45. The van der Waals surface area contributed by atoms with Crippen LogP contribution < -0.4 is 0 Å². The van der Waals surface area contributed by atoms with E-state index >= 15 is 0 Å². The molecule has 0 spiro atoms. The molecule has 0 bridgehead atoms. The summed E-state index contributed by atoms with van der Waals surface area (Å²) < 4.78 is 5.49. The lowest BCUT2D eigenvalue weighted by molar-refractivity contribution is -0.144. The first-order chi connectivity index (χ1) is 10.1. The molecule has 2 nitrogen and oxygen atoms in total. The van der Waals surface area contributed by atoms with Crippen molar-refractivity contribution in [2.75, 3.05) is 0 Å². The van der Waals surface area contributed by atoms with Crippen LogP contribution in [0.3, 0.4) is 0 Å². The van der Waals surface area contributed by atoms with Crippen molar-refractivity contribution in [1.82, 2.24) is 0 Å². The van der Waals surface area contributed by atoms with Crippen molar-refractivity contribution >= 4 is 5.97 Å². The number of carbonyl (C=O) groups is 1. The van der Waals surface area contributed by atoms with Crippen molar-refractivity contribution in [3.05, 3.63) is 12.2 Å². The van der Waals surface area contributed by atoms with Gasteiger partial charge < -0.3 is 4.74 Å². The molecule has 1 unspecified atom stereocenters. The van der Waals surface area contributed by atoms with Gasteiger partial charge in [-0.15, -0.1) is 0 Å². The van der Waals surface area contributed by atoms with Gasteiger partial charge in [-0.1, -0.05) is 78.2 Å². The lowest BCUT2D eigenvalue weighted by atomic mass is 10.0. The van der Waals surface area contributed by atoms with Gasteiger partial charge in [-0.2, -0.15) is 0 Å². The summed E-state index contributed by atoms with van der Waals surface area (Å²) in [6, 6.07) is 0. The molecule has 0 aromatic heterocycles. The molecule has 0 aromatic carbocycles. The third-order valence-electron chi connectivity index (χ3n) is 3.86. The van der Waals surface area contributed by atoms with Crippen molar-refractivity contribution in [3.8, 4) is 0 Å². The minimum absolute atomic E-state index is 0.0868. The zero-order valence-electron chi connectivity index (χ0n) is 14.6. The Morgan fingerprint density at radius 1 is 0.857 bits per heavy atom. The quantitative estimate of drug-likeness (QED) is 0.217. The van der Waals surface area contributed by atoms with Gasteiger partial charge in [0.1, 0.15) is 6.10 Å². The Bertz CT molecular complexity index is 271. The normalized spacial score (nSPS) is 12.1. The molecule has 0 rings (SSSR count). The molecule has 0 aromatic rings. The Balaban J connectivity index is 3.60. The maximum absolute atomic E-state index is 11.6. The summed E-state index contributed by atoms with van der Waals surface area (Å²) in [5, 5.41) is 0. The van der Waals surface area contributed by atoms with Gasteiger partial charge in [0.25, 0.3) is 0 Å². The van der Waals surface area contributed by atoms with Crippen LogP contribution in [0.4, 0.5) is 0 Å². The van der Waals surface area contributed by atoms with E-state index < -0.39 is 0 Å². The van der Waals surface area contributed by atoms with Crippen molar-refractivity contribution in [3.63, 3.8) is 0 Å². The molecule has 21 heavy (non-hydrogen) atoms. The molecule has 0 aliphatic carbocycles. The lowest BCUT2D eigenvalue weighted by Crippen LogP contribution is -2.18. The molecular formula is C19H36O2. The summed E-state index contributed by atoms with van der Waals surface area (Å²) in [6.45, 7) is 9.75. The number of rotatable bonds is 14. The second-order valence-corrected chi connectivity index (χ2v) is 6.21. The molecular weight excluding hydrogens is 260 g/mol. The van der Waals surface area contributed by atoms with Crippen molar-refractivity contribution in [2.24, 2.45) is 0 Å². The Kier molecular flexibility index (Phi) is 13.6.